The SMILES string of the molecule is c1ccc(CC2c3ccccc3Oc3ccccc32)cc1. The van der Waals surface area contributed by atoms with Crippen LogP contribution in [0.3, 0.4) is 0 Å². The lowest BCUT2D eigenvalue weighted by Crippen LogP contribution is -2.12. The first-order chi connectivity index (χ1) is 10.4. The normalized spacial score (nSPS) is 13.1. The molecule has 0 unspecified atom stereocenters. The fourth-order valence-electron chi connectivity index (χ4n) is 3.08. The van der Waals surface area contributed by atoms with Crippen LogP contribution in [0.15, 0.2) is 78.9 Å². The molecule has 0 aromatic heterocycles. The number of rotatable bonds is 2. The molecule has 0 bridgehead atoms. The number of hydrogen-bond donors (Lipinski definition) is 0. The van der Waals surface area contributed by atoms with E-state index in [1.807, 2.05) is 12.1 Å². The van der Waals surface area contributed by atoms with Gasteiger partial charge in [-0.15, -0.1) is 0 Å². The summed E-state index contributed by atoms with van der Waals surface area (Å²) in [5, 5.41) is 0. The summed E-state index contributed by atoms with van der Waals surface area (Å²) < 4.78 is 6.05. The Balaban J connectivity index is 1.82. The molecule has 1 aliphatic heterocycles. The molecule has 1 heterocycles. The van der Waals surface area contributed by atoms with Crippen LogP contribution in [0.25, 0.3) is 0 Å². The maximum absolute atomic E-state index is 6.05. The lowest BCUT2D eigenvalue weighted by molar-refractivity contribution is 0.445. The minimum absolute atomic E-state index is 0.355. The smallest absolute Gasteiger partial charge is 0.131 e. The van der Waals surface area contributed by atoms with Crippen LogP contribution in [0.5, 0.6) is 11.5 Å². The highest BCUT2D eigenvalue weighted by Gasteiger charge is 2.26. The molecule has 1 nitrogen and oxygen atoms in total. The zero-order valence-electron chi connectivity index (χ0n) is 11.7. The van der Waals surface area contributed by atoms with Crippen LogP contribution in [0, 0.1) is 0 Å². The quantitative estimate of drug-likeness (QED) is 0.625. The molecule has 3 aromatic rings. The van der Waals surface area contributed by atoms with Gasteiger partial charge in [0.05, 0.1) is 0 Å². The number of ether oxygens (including phenoxy) is 1. The Morgan fingerprint density at radius 3 is 1.76 bits per heavy atom. The number of fused-ring (bicyclic) bond motifs is 2. The molecular formula is C20H16O. The Labute approximate surface area is 124 Å². The zero-order valence-corrected chi connectivity index (χ0v) is 11.7. The minimum Gasteiger partial charge on any atom is -0.457 e. The molecule has 1 heteroatoms. The molecule has 0 saturated heterocycles. The highest BCUT2D eigenvalue weighted by atomic mass is 16.5. The van der Waals surface area contributed by atoms with E-state index in [9.17, 15) is 0 Å². The Hall–Kier alpha value is -2.54. The summed E-state index contributed by atoms with van der Waals surface area (Å²) in [5.41, 5.74) is 3.91. The van der Waals surface area contributed by atoms with E-state index in [4.69, 9.17) is 4.74 Å². The molecule has 3 aromatic carbocycles. The first kappa shape index (κ1) is 12.2. The topological polar surface area (TPSA) is 9.23 Å². The first-order valence-corrected chi connectivity index (χ1v) is 7.31. The van der Waals surface area contributed by atoms with Crippen molar-refractivity contribution in [3.05, 3.63) is 95.6 Å². The number of benzene rings is 3. The van der Waals surface area contributed by atoms with Crippen molar-refractivity contribution in [1.82, 2.24) is 0 Å². The van der Waals surface area contributed by atoms with Crippen molar-refractivity contribution in [2.24, 2.45) is 0 Å². The fraction of sp³-hybridized carbons (Fsp3) is 0.100. The predicted molar refractivity (Wildman–Crippen MR) is 84.9 cm³/mol. The second kappa shape index (κ2) is 5.10. The molecule has 0 atom stereocenters. The minimum atomic E-state index is 0.355. The van der Waals surface area contributed by atoms with Crippen molar-refractivity contribution >= 4 is 0 Å². The van der Waals surface area contributed by atoms with E-state index in [0.717, 1.165) is 17.9 Å². The van der Waals surface area contributed by atoms with Gasteiger partial charge in [0.1, 0.15) is 11.5 Å². The Bertz CT molecular complexity index is 716. The molecule has 0 saturated carbocycles. The molecule has 0 amide bonds. The summed E-state index contributed by atoms with van der Waals surface area (Å²) in [6.45, 7) is 0. The van der Waals surface area contributed by atoms with Gasteiger partial charge in [0.2, 0.25) is 0 Å². The van der Waals surface area contributed by atoms with Crippen molar-refractivity contribution in [2.45, 2.75) is 12.3 Å². The van der Waals surface area contributed by atoms with E-state index in [-0.39, 0.29) is 0 Å². The van der Waals surface area contributed by atoms with Crippen LogP contribution in [0.4, 0.5) is 0 Å². The highest BCUT2D eigenvalue weighted by molar-refractivity contribution is 5.54. The summed E-state index contributed by atoms with van der Waals surface area (Å²) in [5.74, 6) is 2.32. The average Bonchev–Trinajstić information content (AvgIpc) is 2.55. The third-order valence-corrected chi connectivity index (χ3v) is 4.09. The van der Waals surface area contributed by atoms with Crippen LogP contribution in [-0.2, 0) is 6.42 Å². The zero-order chi connectivity index (χ0) is 14.1. The van der Waals surface area contributed by atoms with Gasteiger partial charge in [0.15, 0.2) is 0 Å². The van der Waals surface area contributed by atoms with Gasteiger partial charge >= 0.3 is 0 Å². The summed E-state index contributed by atoms with van der Waals surface area (Å²) in [7, 11) is 0. The van der Waals surface area contributed by atoms with E-state index in [2.05, 4.69) is 66.7 Å². The first-order valence-electron chi connectivity index (χ1n) is 7.31. The molecular weight excluding hydrogens is 256 g/mol. The second-order valence-corrected chi connectivity index (χ2v) is 5.42. The van der Waals surface area contributed by atoms with Gasteiger partial charge in [-0.1, -0.05) is 66.7 Å². The van der Waals surface area contributed by atoms with Crippen LogP contribution in [0.1, 0.15) is 22.6 Å². The molecule has 0 spiro atoms. The summed E-state index contributed by atoms with van der Waals surface area (Å²) in [6.07, 6.45) is 0.998. The van der Waals surface area contributed by atoms with Crippen LogP contribution in [0.2, 0.25) is 0 Å². The van der Waals surface area contributed by atoms with Crippen molar-refractivity contribution in [3.63, 3.8) is 0 Å². The van der Waals surface area contributed by atoms with Gasteiger partial charge in [-0.2, -0.15) is 0 Å². The second-order valence-electron chi connectivity index (χ2n) is 5.42. The monoisotopic (exact) mass is 272 g/mol. The molecule has 0 aliphatic carbocycles. The van der Waals surface area contributed by atoms with Gasteiger partial charge in [-0.25, -0.2) is 0 Å². The van der Waals surface area contributed by atoms with E-state index in [1.165, 1.54) is 16.7 Å². The highest BCUT2D eigenvalue weighted by Crippen LogP contribution is 2.45. The Kier molecular flexibility index (Phi) is 2.97. The number of hydrogen-bond acceptors (Lipinski definition) is 1. The Morgan fingerprint density at radius 2 is 1.14 bits per heavy atom. The van der Waals surface area contributed by atoms with E-state index >= 15 is 0 Å². The van der Waals surface area contributed by atoms with Gasteiger partial charge in [0, 0.05) is 17.0 Å². The number of para-hydroxylation sites is 2. The van der Waals surface area contributed by atoms with Gasteiger partial charge in [0.25, 0.3) is 0 Å². The van der Waals surface area contributed by atoms with Crippen LogP contribution in [-0.4, -0.2) is 0 Å². The molecule has 21 heavy (non-hydrogen) atoms. The Morgan fingerprint density at radius 1 is 0.619 bits per heavy atom. The lowest BCUT2D eigenvalue weighted by atomic mass is 9.83. The van der Waals surface area contributed by atoms with Crippen molar-refractivity contribution < 1.29 is 4.74 Å². The largest absolute Gasteiger partial charge is 0.457 e. The molecule has 0 radical (unpaired) electrons. The van der Waals surface area contributed by atoms with Crippen molar-refractivity contribution in [2.75, 3.05) is 0 Å². The summed E-state index contributed by atoms with van der Waals surface area (Å²) in [4.78, 5) is 0. The molecule has 102 valence electrons. The molecule has 0 N–H and O–H groups in total. The third kappa shape index (κ3) is 2.21. The standard InChI is InChI=1S/C20H16O/c1-2-8-15(9-3-1)14-18-16-10-4-6-12-19(16)21-20-13-7-5-11-17(18)20/h1-13,18H,14H2. The maximum atomic E-state index is 6.05. The van der Waals surface area contributed by atoms with E-state index in [1.54, 1.807) is 0 Å². The molecule has 0 fully saturated rings. The maximum Gasteiger partial charge on any atom is 0.131 e. The predicted octanol–water partition coefficient (Wildman–Crippen LogP) is 5.17. The summed E-state index contributed by atoms with van der Waals surface area (Å²) in [6, 6.07) is 27.4. The molecule has 4 rings (SSSR count). The van der Waals surface area contributed by atoms with Crippen molar-refractivity contribution in [3.8, 4) is 11.5 Å². The summed E-state index contributed by atoms with van der Waals surface area (Å²) >= 11 is 0. The van der Waals surface area contributed by atoms with Gasteiger partial charge in [-0.3, -0.25) is 0 Å². The fourth-order valence-corrected chi connectivity index (χ4v) is 3.08. The van der Waals surface area contributed by atoms with Crippen molar-refractivity contribution in [1.29, 1.82) is 0 Å². The third-order valence-electron chi connectivity index (χ3n) is 4.09. The van der Waals surface area contributed by atoms with Crippen LogP contribution >= 0.6 is 0 Å². The van der Waals surface area contributed by atoms with Gasteiger partial charge < -0.3 is 4.74 Å². The average molecular weight is 272 g/mol. The van der Waals surface area contributed by atoms with E-state index < -0.39 is 0 Å². The van der Waals surface area contributed by atoms with E-state index in [0.29, 0.717) is 5.92 Å². The van der Waals surface area contributed by atoms with Gasteiger partial charge in [-0.05, 0) is 24.1 Å². The molecule has 1 aliphatic rings. The lowest BCUT2D eigenvalue weighted by Gasteiger charge is -2.28. The van der Waals surface area contributed by atoms with Crippen LogP contribution < -0.4 is 4.74 Å².